The molecule has 0 aliphatic carbocycles. The van der Waals surface area contributed by atoms with Crippen LogP contribution in [0.1, 0.15) is 69.2 Å². The van der Waals surface area contributed by atoms with Crippen LogP contribution in [0.15, 0.2) is 54.6 Å². The molecule has 1 N–H and O–H groups in total. The summed E-state index contributed by atoms with van der Waals surface area (Å²) in [5.41, 5.74) is 4.61. The van der Waals surface area contributed by atoms with E-state index in [9.17, 15) is 14.4 Å². The summed E-state index contributed by atoms with van der Waals surface area (Å²) in [5, 5.41) is 3.91. The van der Waals surface area contributed by atoms with Crippen LogP contribution in [0.3, 0.4) is 0 Å². The third kappa shape index (κ3) is 5.71. The molecular weight excluding hydrogens is 510 g/mol. The highest BCUT2D eigenvalue weighted by Crippen LogP contribution is 2.36. The Hall–Kier alpha value is -4.04. The van der Waals surface area contributed by atoms with E-state index in [4.69, 9.17) is 9.72 Å². The standard InChI is InChI=1S/C31H33N3O4S/c1-6-20-14-16-21(17-15-20)25-18-23(22-12-10-11-13-24(22)32-25)28(35)33-29-26(31(37)38-9-4)19(5)27(39-29)30(36)34(7-2)8-3/h10-18H,6-9H2,1-5H3,(H,33,35). The maximum atomic E-state index is 13.8. The molecule has 2 aromatic carbocycles. The number of carbonyl (C=O) groups excluding carboxylic acids is 3. The predicted octanol–water partition coefficient (Wildman–Crippen LogP) is 6.75. The number of benzene rings is 2. The van der Waals surface area contributed by atoms with Crippen molar-refractivity contribution in [3.05, 3.63) is 81.7 Å². The summed E-state index contributed by atoms with van der Waals surface area (Å²) in [7, 11) is 0. The zero-order valence-electron chi connectivity index (χ0n) is 23.0. The van der Waals surface area contributed by atoms with Crippen LogP contribution < -0.4 is 5.32 Å². The number of para-hydroxylation sites is 1. The van der Waals surface area contributed by atoms with Gasteiger partial charge in [-0.1, -0.05) is 49.4 Å². The zero-order valence-corrected chi connectivity index (χ0v) is 23.8. The first kappa shape index (κ1) is 28.0. The number of pyridine rings is 1. The average Bonchev–Trinajstić information content (AvgIpc) is 3.28. The number of aryl methyl sites for hydroxylation is 1. The minimum Gasteiger partial charge on any atom is -0.462 e. The number of nitrogens with zero attached hydrogens (tertiary/aromatic N) is 2. The van der Waals surface area contributed by atoms with Crippen LogP contribution in [0.25, 0.3) is 22.2 Å². The Balaban J connectivity index is 1.79. The molecule has 0 aliphatic heterocycles. The maximum absolute atomic E-state index is 13.8. The first-order valence-electron chi connectivity index (χ1n) is 13.2. The number of anilines is 1. The smallest absolute Gasteiger partial charge is 0.341 e. The first-order valence-corrected chi connectivity index (χ1v) is 14.0. The lowest BCUT2D eigenvalue weighted by Gasteiger charge is -2.18. The summed E-state index contributed by atoms with van der Waals surface area (Å²) in [4.78, 5) is 46.9. The number of hydrogen-bond acceptors (Lipinski definition) is 6. The van der Waals surface area contributed by atoms with E-state index in [1.807, 2.05) is 50.2 Å². The molecule has 202 valence electrons. The van der Waals surface area contributed by atoms with E-state index in [1.165, 1.54) is 5.56 Å². The van der Waals surface area contributed by atoms with E-state index in [2.05, 4.69) is 24.4 Å². The second-order valence-corrected chi connectivity index (χ2v) is 10.1. The highest BCUT2D eigenvalue weighted by molar-refractivity contribution is 7.18. The molecule has 2 amide bonds. The Kier molecular flexibility index (Phi) is 8.76. The third-order valence-electron chi connectivity index (χ3n) is 6.72. The van der Waals surface area contributed by atoms with Crippen LogP contribution in [-0.4, -0.2) is 47.4 Å². The molecule has 0 aliphatic rings. The number of aromatic nitrogens is 1. The molecule has 0 fully saturated rings. The number of amides is 2. The molecule has 4 aromatic rings. The number of ether oxygens (including phenoxy) is 1. The summed E-state index contributed by atoms with van der Waals surface area (Å²) in [6.07, 6.45) is 0.931. The van der Waals surface area contributed by atoms with Crippen molar-refractivity contribution in [2.75, 3.05) is 25.0 Å². The number of nitrogens with one attached hydrogen (secondary N) is 1. The van der Waals surface area contributed by atoms with Gasteiger partial charge in [-0.05, 0) is 57.4 Å². The van der Waals surface area contributed by atoms with Gasteiger partial charge in [-0.25, -0.2) is 9.78 Å². The normalized spacial score (nSPS) is 10.9. The SMILES string of the molecule is CCOC(=O)c1c(NC(=O)c2cc(-c3ccc(CC)cc3)nc3ccccc23)sc(C(=O)N(CC)CC)c1C. The topological polar surface area (TPSA) is 88.6 Å². The van der Waals surface area contributed by atoms with E-state index in [0.29, 0.717) is 50.7 Å². The highest BCUT2D eigenvalue weighted by Gasteiger charge is 2.29. The average molecular weight is 544 g/mol. The van der Waals surface area contributed by atoms with Crippen molar-refractivity contribution in [1.82, 2.24) is 9.88 Å². The number of rotatable bonds is 9. The van der Waals surface area contributed by atoms with E-state index >= 15 is 0 Å². The Morgan fingerprint density at radius 1 is 0.974 bits per heavy atom. The van der Waals surface area contributed by atoms with Crippen LogP contribution in [0, 0.1) is 6.92 Å². The molecule has 8 heteroatoms. The summed E-state index contributed by atoms with van der Waals surface area (Å²) >= 11 is 1.10. The first-order chi connectivity index (χ1) is 18.8. The summed E-state index contributed by atoms with van der Waals surface area (Å²) in [6, 6.07) is 17.4. The second-order valence-electron chi connectivity index (χ2n) is 9.04. The molecule has 4 rings (SSSR count). The molecule has 0 radical (unpaired) electrons. The lowest BCUT2D eigenvalue weighted by molar-refractivity contribution is 0.0527. The maximum Gasteiger partial charge on any atom is 0.341 e. The van der Waals surface area contributed by atoms with Crippen LogP contribution >= 0.6 is 11.3 Å². The predicted molar refractivity (Wildman–Crippen MR) is 157 cm³/mol. The quantitative estimate of drug-likeness (QED) is 0.236. The molecule has 0 unspecified atom stereocenters. The van der Waals surface area contributed by atoms with Crippen molar-refractivity contribution in [1.29, 1.82) is 0 Å². The van der Waals surface area contributed by atoms with Gasteiger partial charge in [0.2, 0.25) is 0 Å². The van der Waals surface area contributed by atoms with Crippen molar-refractivity contribution in [2.45, 2.75) is 41.0 Å². The van der Waals surface area contributed by atoms with Crippen LogP contribution in [0.2, 0.25) is 0 Å². The number of thiophene rings is 1. The molecule has 7 nitrogen and oxygen atoms in total. The number of hydrogen-bond donors (Lipinski definition) is 1. The summed E-state index contributed by atoms with van der Waals surface area (Å²) in [6.45, 7) is 10.6. The third-order valence-corrected chi connectivity index (χ3v) is 7.91. The van der Waals surface area contributed by atoms with E-state index in [1.54, 1.807) is 24.8 Å². The number of fused-ring (bicyclic) bond motifs is 1. The highest BCUT2D eigenvalue weighted by atomic mass is 32.1. The molecule has 0 saturated carbocycles. The summed E-state index contributed by atoms with van der Waals surface area (Å²) in [5.74, 6) is -1.15. The van der Waals surface area contributed by atoms with Crippen LogP contribution in [0.4, 0.5) is 5.00 Å². The van der Waals surface area contributed by atoms with Crippen molar-refractivity contribution in [3.8, 4) is 11.3 Å². The van der Waals surface area contributed by atoms with Gasteiger partial charge in [0.05, 0.1) is 33.8 Å². The van der Waals surface area contributed by atoms with Crippen LogP contribution in [-0.2, 0) is 11.2 Å². The monoisotopic (exact) mass is 543 g/mol. The lowest BCUT2D eigenvalue weighted by atomic mass is 10.0. The van der Waals surface area contributed by atoms with Crippen molar-refractivity contribution >= 4 is 45.0 Å². The zero-order chi connectivity index (χ0) is 28.1. The number of esters is 1. The van der Waals surface area contributed by atoms with Gasteiger partial charge in [0.15, 0.2) is 0 Å². The molecule has 0 atom stereocenters. The van der Waals surface area contributed by atoms with Gasteiger partial charge in [0.25, 0.3) is 11.8 Å². The largest absolute Gasteiger partial charge is 0.462 e. The van der Waals surface area contributed by atoms with Gasteiger partial charge in [-0.2, -0.15) is 0 Å². The molecule has 0 saturated heterocycles. The number of carbonyl (C=O) groups is 3. The van der Waals surface area contributed by atoms with Crippen molar-refractivity contribution in [3.63, 3.8) is 0 Å². The minimum atomic E-state index is -0.573. The molecule has 0 bridgehead atoms. The van der Waals surface area contributed by atoms with E-state index in [-0.39, 0.29) is 18.1 Å². The van der Waals surface area contributed by atoms with Crippen molar-refractivity contribution < 1.29 is 19.1 Å². The van der Waals surface area contributed by atoms with Gasteiger partial charge in [-0.15, -0.1) is 11.3 Å². The second kappa shape index (κ2) is 12.2. The van der Waals surface area contributed by atoms with Gasteiger partial charge in [-0.3, -0.25) is 9.59 Å². The lowest BCUT2D eigenvalue weighted by Crippen LogP contribution is -2.30. The Morgan fingerprint density at radius 3 is 2.31 bits per heavy atom. The van der Waals surface area contributed by atoms with Gasteiger partial charge < -0.3 is 15.0 Å². The fourth-order valence-corrected chi connectivity index (χ4v) is 5.66. The van der Waals surface area contributed by atoms with E-state index in [0.717, 1.165) is 23.3 Å². The van der Waals surface area contributed by atoms with E-state index < -0.39 is 11.9 Å². The molecule has 2 aromatic heterocycles. The van der Waals surface area contributed by atoms with Gasteiger partial charge in [0, 0.05) is 24.0 Å². The molecular formula is C31H33N3O4S. The Morgan fingerprint density at radius 2 is 1.67 bits per heavy atom. The Bertz CT molecular complexity index is 1520. The van der Waals surface area contributed by atoms with Crippen LogP contribution in [0.5, 0.6) is 0 Å². The Labute approximate surface area is 232 Å². The van der Waals surface area contributed by atoms with Gasteiger partial charge in [0.1, 0.15) is 5.00 Å². The van der Waals surface area contributed by atoms with Crippen molar-refractivity contribution in [2.24, 2.45) is 0 Å². The minimum absolute atomic E-state index is 0.177. The fraction of sp³-hybridized carbons (Fsp3) is 0.290. The summed E-state index contributed by atoms with van der Waals surface area (Å²) < 4.78 is 5.29. The molecule has 0 spiro atoms. The fourth-order valence-electron chi connectivity index (χ4n) is 4.50. The van der Waals surface area contributed by atoms with Gasteiger partial charge >= 0.3 is 5.97 Å². The molecule has 39 heavy (non-hydrogen) atoms. The molecule has 2 heterocycles.